The van der Waals surface area contributed by atoms with Gasteiger partial charge in [0.15, 0.2) is 0 Å². The topological polar surface area (TPSA) is 43.9 Å². The van der Waals surface area contributed by atoms with Gasteiger partial charge in [-0.2, -0.15) is 0 Å². The second-order valence-corrected chi connectivity index (χ2v) is 19.5. The maximum atomic E-state index is 8.01. The molecule has 0 fully saturated rings. The Morgan fingerprint density at radius 1 is 0.824 bits per heavy atom. The van der Waals surface area contributed by atoms with E-state index in [1.54, 1.807) is 0 Å². The van der Waals surface area contributed by atoms with E-state index < -0.39 is 14.0 Å². The number of fused-ring (bicyclic) bond motifs is 4. The van der Waals surface area contributed by atoms with Crippen molar-refractivity contribution in [2.24, 2.45) is 0 Å². The van der Waals surface area contributed by atoms with Crippen LogP contribution in [-0.2, 0) is 20.1 Å². The minimum Gasteiger partial charge on any atom is -0.501 e. The Morgan fingerprint density at radius 3 is 2.22 bits per heavy atom. The van der Waals surface area contributed by atoms with Crippen molar-refractivity contribution in [2.45, 2.75) is 60.2 Å². The van der Waals surface area contributed by atoms with Crippen LogP contribution >= 0.6 is 0 Å². The number of hydrogen-bond donors (Lipinski definition) is 0. The van der Waals surface area contributed by atoms with Gasteiger partial charge in [0.2, 0.25) is 0 Å². The quantitative estimate of drug-likeness (QED) is 0.128. The van der Waals surface area contributed by atoms with Crippen LogP contribution in [0, 0.1) is 32.9 Å². The molecule has 0 atom stereocenters. The van der Waals surface area contributed by atoms with E-state index in [-0.39, 0.29) is 20.1 Å². The van der Waals surface area contributed by atoms with Gasteiger partial charge in [-0.25, -0.2) is 0 Å². The van der Waals surface area contributed by atoms with Gasteiger partial charge in [-0.3, -0.25) is 4.98 Å². The predicted octanol–water partition coefficient (Wildman–Crippen LogP) is 11.5. The number of pyridine rings is 1. The molecule has 4 nitrogen and oxygen atoms in total. The molecule has 3 aromatic heterocycles. The van der Waals surface area contributed by atoms with Gasteiger partial charge >= 0.3 is 0 Å². The zero-order chi connectivity index (χ0) is 36.1. The number of aryl methyl sites for hydroxylation is 3. The number of aromatic nitrogens is 3. The van der Waals surface area contributed by atoms with Crippen LogP contribution < -0.4 is 5.19 Å². The molecular formula is C45H43IrN3OSi-2. The fourth-order valence-corrected chi connectivity index (χ4v) is 7.73. The third-order valence-corrected chi connectivity index (χ3v) is 11.3. The molecule has 0 N–H and O–H groups in total. The monoisotopic (exact) mass is 863 g/mol. The summed E-state index contributed by atoms with van der Waals surface area (Å²) < 4.78 is 16.6. The van der Waals surface area contributed by atoms with Gasteiger partial charge in [0.05, 0.1) is 30.5 Å². The average Bonchev–Trinajstić information content (AvgIpc) is 3.66. The molecule has 1 radical (unpaired) electrons. The zero-order valence-corrected chi connectivity index (χ0v) is 33.9. The first kappa shape index (κ1) is 34.8. The van der Waals surface area contributed by atoms with Crippen LogP contribution in [0.4, 0.5) is 0 Å². The fourth-order valence-electron chi connectivity index (χ4n) is 6.69. The van der Waals surface area contributed by atoms with Gasteiger partial charge in [0.25, 0.3) is 0 Å². The first-order valence-corrected chi connectivity index (χ1v) is 20.7. The molecule has 0 bridgehead atoms. The van der Waals surface area contributed by atoms with Crippen molar-refractivity contribution in [3.05, 3.63) is 144 Å². The first-order chi connectivity index (χ1) is 24.3. The first-order valence-electron chi connectivity index (χ1n) is 17.7. The maximum absolute atomic E-state index is 8.01. The van der Waals surface area contributed by atoms with Gasteiger partial charge in [0, 0.05) is 38.7 Å². The molecule has 0 aliphatic rings. The molecule has 8 aromatic rings. The summed E-state index contributed by atoms with van der Waals surface area (Å²) >= 11 is 0. The van der Waals surface area contributed by atoms with E-state index in [4.69, 9.17) is 10.8 Å². The van der Waals surface area contributed by atoms with Crippen molar-refractivity contribution in [3.8, 4) is 28.3 Å². The van der Waals surface area contributed by atoms with E-state index in [0.717, 1.165) is 66.9 Å². The average molecular weight is 863 g/mol. The van der Waals surface area contributed by atoms with Gasteiger partial charge in [-0.1, -0.05) is 110 Å². The molecule has 3 heterocycles. The predicted molar refractivity (Wildman–Crippen MR) is 212 cm³/mol. The van der Waals surface area contributed by atoms with E-state index in [1.165, 1.54) is 21.9 Å². The fraction of sp³-hybridized carbons (Fsp3) is 0.200. The molecular weight excluding hydrogens is 819 g/mol. The van der Waals surface area contributed by atoms with Crippen LogP contribution in [0.3, 0.4) is 0 Å². The molecule has 0 aliphatic carbocycles. The van der Waals surface area contributed by atoms with Crippen LogP contribution in [-0.4, -0.2) is 22.6 Å². The number of furan rings is 1. The molecule has 0 unspecified atom stereocenters. The largest absolute Gasteiger partial charge is 0.501 e. The molecule has 5 aromatic carbocycles. The number of hydrogen-bond acceptors (Lipinski definition) is 3. The molecule has 0 saturated carbocycles. The minimum atomic E-state index is -1.29. The van der Waals surface area contributed by atoms with Gasteiger partial charge < -0.3 is 14.0 Å². The standard InChI is InChI=1S/C28H21N2O.C17H22NSi.Ir/c1-17-15-18(2)26(19(3)16-17)30-24-13-6-5-12-23(24)29-28(30)22-11-8-10-21-20-9-4-7-14-25(20)31-27(21)22;1-13(2)14-6-8-15(9-7-14)17-11-10-16(12-18-17)19(3,4)5;/h4-10,12-16H,1-3H3;6-8,10-13H,1-5H3;/q2*-1;/i;13D;. The molecule has 51 heavy (non-hydrogen) atoms. The Balaban J connectivity index is 0.000000193. The van der Waals surface area contributed by atoms with Crippen LogP contribution in [0.2, 0.25) is 19.6 Å². The maximum Gasteiger partial charge on any atom is 0.120 e. The molecule has 8 rings (SSSR count). The number of benzene rings is 5. The second kappa shape index (κ2) is 14.6. The Kier molecular flexibility index (Phi) is 9.94. The smallest absolute Gasteiger partial charge is 0.120 e. The Hall–Kier alpha value is -4.61. The molecule has 0 aliphatic heterocycles. The molecule has 0 saturated heterocycles. The molecule has 6 heteroatoms. The molecule has 259 valence electrons. The normalized spacial score (nSPS) is 12.0. The number of para-hydroxylation sites is 3. The van der Waals surface area contributed by atoms with Crippen molar-refractivity contribution >= 4 is 46.2 Å². The summed E-state index contributed by atoms with van der Waals surface area (Å²) in [6.45, 7) is 17.2. The van der Waals surface area contributed by atoms with Crippen LogP contribution in [0.25, 0.3) is 61.3 Å². The summed E-state index contributed by atoms with van der Waals surface area (Å²) in [5.41, 5.74) is 12.4. The summed E-state index contributed by atoms with van der Waals surface area (Å²) in [4.78, 5) is 9.62. The number of rotatable bonds is 5. The van der Waals surface area contributed by atoms with Crippen LogP contribution in [0.1, 0.15) is 43.4 Å². The zero-order valence-electron chi connectivity index (χ0n) is 31.5. The van der Waals surface area contributed by atoms with E-state index in [9.17, 15) is 0 Å². The van der Waals surface area contributed by atoms with Gasteiger partial charge in [-0.15, -0.1) is 53.6 Å². The SMILES string of the molecule is Cc1cc(C)c(-n2c(-c3[c-]ccc4c3oc3ccccc34)nc3ccccc32)c(C)c1.[2H]C(C)(C)c1c[c-]c(-c2ccc([Si](C)(C)C)cn2)cc1.[Ir]. The summed E-state index contributed by atoms with van der Waals surface area (Å²) in [5, 5.41) is 3.56. The van der Waals surface area contributed by atoms with Crippen molar-refractivity contribution in [1.29, 1.82) is 0 Å². The Morgan fingerprint density at radius 2 is 1.55 bits per heavy atom. The Bertz CT molecular complexity index is 2440. The summed E-state index contributed by atoms with van der Waals surface area (Å²) in [5.74, 6) is 0.269. The van der Waals surface area contributed by atoms with Crippen LogP contribution in [0.15, 0.2) is 114 Å². The van der Waals surface area contributed by atoms with E-state index in [2.05, 4.69) is 117 Å². The second-order valence-electron chi connectivity index (χ2n) is 14.4. The van der Waals surface area contributed by atoms with Crippen molar-refractivity contribution in [3.63, 3.8) is 0 Å². The third kappa shape index (κ3) is 7.14. The van der Waals surface area contributed by atoms with E-state index in [0.29, 0.717) is 0 Å². The summed E-state index contributed by atoms with van der Waals surface area (Å²) in [6.07, 6.45) is 2.00. The van der Waals surface area contributed by atoms with Crippen molar-refractivity contribution in [1.82, 2.24) is 14.5 Å². The third-order valence-electron chi connectivity index (χ3n) is 9.28. The minimum absolute atomic E-state index is 0. The van der Waals surface area contributed by atoms with Crippen molar-refractivity contribution in [2.75, 3.05) is 0 Å². The number of imidazole rings is 1. The Labute approximate surface area is 317 Å². The summed E-state index contributed by atoms with van der Waals surface area (Å²) in [7, 11) is -1.29. The number of nitrogens with zero attached hydrogens (tertiary/aromatic N) is 3. The molecule has 0 amide bonds. The van der Waals surface area contributed by atoms with Gasteiger partial charge in [-0.05, 0) is 61.0 Å². The molecule has 0 spiro atoms. The van der Waals surface area contributed by atoms with Gasteiger partial charge in [0.1, 0.15) is 5.58 Å². The summed E-state index contributed by atoms with van der Waals surface area (Å²) in [6, 6.07) is 41.8. The van der Waals surface area contributed by atoms with E-state index >= 15 is 0 Å². The van der Waals surface area contributed by atoms with Crippen LogP contribution in [0.5, 0.6) is 0 Å². The van der Waals surface area contributed by atoms with Crippen molar-refractivity contribution < 1.29 is 25.9 Å². The van der Waals surface area contributed by atoms with E-state index in [1.807, 2.05) is 68.6 Å².